The highest BCUT2D eigenvalue weighted by atomic mass is 32.1. The van der Waals surface area contributed by atoms with E-state index in [1.54, 1.807) is 11.3 Å². The number of nitrogens with zero attached hydrogens (tertiary/aromatic N) is 3. The molecule has 2 N–H and O–H groups in total. The monoisotopic (exact) mass is 309 g/mol. The van der Waals surface area contributed by atoms with Crippen LogP contribution < -0.4 is 0 Å². The van der Waals surface area contributed by atoms with E-state index < -0.39 is 0 Å². The van der Waals surface area contributed by atoms with Crippen LogP contribution in [0, 0.1) is 4.77 Å². The van der Waals surface area contributed by atoms with Crippen LogP contribution in [-0.2, 0) is 6.54 Å². The first-order valence-corrected chi connectivity index (χ1v) is 8.30. The predicted octanol–water partition coefficient (Wildman–Crippen LogP) is 3.31. The lowest BCUT2D eigenvalue weighted by Gasteiger charge is -2.15. The molecule has 1 fully saturated rings. The largest absolute Gasteiger partial charge is 0.297 e. The summed E-state index contributed by atoms with van der Waals surface area (Å²) in [6, 6.07) is 0. The van der Waals surface area contributed by atoms with Crippen LogP contribution in [0.4, 0.5) is 0 Å². The fourth-order valence-corrected chi connectivity index (χ4v) is 3.54. The molecule has 0 radical (unpaired) electrons. The standard InChI is InChI=1S/C13H19N5S2/c1-3-18(4-2)7-9-14-10(8-5-6-8)11(20-9)12-15-13(19)17-16-12/h8H,3-7H2,1-2H3,(H2,15,16,17,19). The van der Waals surface area contributed by atoms with Gasteiger partial charge in [-0.1, -0.05) is 13.8 Å². The maximum Gasteiger partial charge on any atom is 0.213 e. The molecule has 0 atom stereocenters. The maximum atomic E-state index is 5.05. The lowest BCUT2D eigenvalue weighted by molar-refractivity contribution is 0.295. The van der Waals surface area contributed by atoms with Crippen molar-refractivity contribution in [3.05, 3.63) is 15.5 Å². The summed E-state index contributed by atoms with van der Waals surface area (Å²) in [6.07, 6.45) is 2.49. The maximum absolute atomic E-state index is 5.05. The van der Waals surface area contributed by atoms with E-state index in [1.165, 1.54) is 23.5 Å². The first-order valence-electron chi connectivity index (χ1n) is 7.08. The third-order valence-electron chi connectivity index (χ3n) is 3.63. The molecular formula is C13H19N5S2. The molecule has 108 valence electrons. The lowest BCUT2D eigenvalue weighted by atomic mass is 10.2. The quantitative estimate of drug-likeness (QED) is 0.804. The number of rotatable bonds is 6. The van der Waals surface area contributed by atoms with E-state index in [-0.39, 0.29) is 0 Å². The molecule has 0 aliphatic heterocycles. The summed E-state index contributed by atoms with van der Waals surface area (Å²) in [4.78, 5) is 12.7. The second-order valence-corrected chi connectivity index (χ2v) is 6.54. The van der Waals surface area contributed by atoms with Crippen molar-refractivity contribution in [1.29, 1.82) is 0 Å². The van der Waals surface area contributed by atoms with Gasteiger partial charge in [0.1, 0.15) is 5.01 Å². The summed E-state index contributed by atoms with van der Waals surface area (Å²) < 4.78 is 0.500. The van der Waals surface area contributed by atoms with Crippen LogP contribution in [0.15, 0.2) is 0 Å². The van der Waals surface area contributed by atoms with Crippen LogP contribution in [0.2, 0.25) is 0 Å². The summed E-state index contributed by atoms with van der Waals surface area (Å²) >= 11 is 6.79. The van der Waals surface area contributed by atoms with Gasteiger partial charge in [-0.25, -0.2) is 4.98 Å². The Hall–Kier alpha value is -1.05. The number of H-pyrrole nitrogens is 2. The van der Waals surface area contributed by atoms with Gasteiger partial charge in [-0.05, 0) is 38.1 Å². The molecule has 2 aromatic heterocycles. The molecule has 20 heavy (non-hydrogen) atoms. The van der Waals surface area contributed by atoms with Crippen molar-refractivity contribution in [1.82, 2.24) is 25.1 Å². The Morgan fingerprint density at radius 2 is 2.00 bits per heavy atom. The summed E-state index contributed by atoms with van der Waals surface area (Å²) in [5.41, 5.74) is 1.20. The number of thiazole rings is 1. The van der Waals surface area contributed by atoms with Crippen molar-refractivity contribution < 1.29 is 0 Å². The van der Waals surface area contributed by atoms with Crippen LogP contribution in [0.3, 0.4) is 0 Å². The van der Waals surface area contributed by atoms with Crippen LogP contribution in [-0.4, -0.2) is 38.2 Å². The van der Waals surface area contributed by atoms with Crippen molar-refractivity contribution in [2.24, 2.45) is 0 Å². The fraction of sp³-hybridized carbons (Fsp3) is 0.615. The van der Waals surface area contributed by atoms with Gasteiger partial charge >= 0.3 is 0 Å². The normalized spacial score (nSPS) is 15.2. The highest BCUT2D eigenvalue weighted by molar-refractivity contribution is 7.71. The van der Waals surface area contributed by atoms with Crippen LogP contribution >= 0.6 is 23.6 Å². The molecule has 2 aromatic rings. The minimum atomic E-state index is 0.500. The molecule has 7 heteroatoms. The minimum absolute atomic E-state index is 0.500. The molecule has 1 aliphatic rings. The molecular weight excluding hydrogens is 290 g/mol. The third-order valence-corrected chi connectivity index (χ3v) is 4.89. The average molecular weight is 309 g/mol. The van der Waals surface area contributed by atoms with Gasteiger partial charge in [0.2, 0.25) is 4.77 Å². The Bertz CT molecular complexity index is 633. The number of aromatic amines is 2. The van der Waals surface area contributed by atoms with Crippen molar-refractivity contribution in [2.75, 3.05) is 13.1 Å². The van der Waals surface area contributed by atoms with Gasteiger partial charge in [0, 0.05) is 5.92 Å². The van der Waals surface area contributed by atoms with E-state index >= 15 is 0 Å². The Morgan fingerprint density at radius 1 is 1.25 bits per heavy atom. The lowest BCUT2D eigenvalue weighted by Crippen LogP contribution is -2.21. The van der Waals surface area contributed by atoms with E-state index in [0.717, 1.165) is 30.3 Å². The van der Waals surface area contributed by atoms with Gasteiger partial charge in [-0.2, -0.15) is 4.98 Å². The molecule has 0 bridgehead atoms. The van der Waals surface area contributed by atoms with E-state index in [2.05, 4.69) is 33.9 Å². The van der Waals surface area contributed by atoms with Crippen molar-refractivity contribution in [2.45, 2.75) is 39.2 Å². The van der Waals surface area contributed by atoms with Gasteiger partial charge in [0.15, 0.2) is 5.82 Å². The third kappa shape index (κ3) is 2.84. The van der Waals surface area contributed by atoms with Crippen molar-refractivity contribution in [3.63, 3.8) is 0 Å². The number of nitrogens with one attached hydrogen (secondary N) is 2. The summed E-state index contributed by atoms with van der Waals surface area (Å²) in [7, 11) is 0. The van der Waals surface area contributed by atoms with Gasteiger partial charge < -0.3 is 0 Å². The number of hydrogen-bond acceptors (Lipinski definition) is 5. The van der Waals surface area contributed by atoms with E-state index in [1.807, 2.05) is 0 Å². The zero-order chi connectivity index (χ0) is 14.1. The second kappa shape index (κ2) is 5.75. The molecule has 0 saturated heterocycles. The van der Waals surface area contributed by atoms with Gasteiger partial charge in [0.05, 0.1) is 17.1 Å². The zero-order valence-electron chi connectivity index (χ0n) is 11.8. The van der Waals surface area contributed by atoms with Crippen LogP contribution in [0.1, 0.15) is 43.3 Å². The molecule has 0 aromatic carbocycles. The topological polar surface area (TPSA) is 60.6 Å². The number of aromatic nitrogens is 4. The second-order valence-electron chi connectivity index (χ2n) is 5.07. The Balaban J connectivity index is 1.92. The SMILES string of the molecule is CCN(CC)Cc1nc(C2CC2)c(-c2nc(=S)[nH][nH]2)s1. The molecule has 0 spiro atoms. The van der Waals surface area contributed by atoms with E-state index in [4.69, 9.17) is 17.2 Å². The predicted molar refractivity (Wildman–Crippen MR) is 83.5 cm³/mol. The van der Waals surface area contributed by atoms with E-state index in [0.29, 0.717) is 10.7 Å². The Morgan fingerprint density at radius 3 is 2.55 bits per heavy atom. The smallest absolute Gasteiger partial charge is 0.213 e. The van der Waals surface area contributed by atoms with Crippen LogP contribution in [0.25, 0.3) is 10.7 Å². The highest BCUT2D eigenvalue weighted by Crippen LogP contribution is 2.45. The summed E-state index contributed by atoms with van der Waals surface area (Å²) in [5.74, 6) is 1.45. The molecule has 0 unspecified atom stereocenters. The Labute approximate surface area is 127 Å². The molecule has 1 saturated carbocycles. The van der Waals surface area contributed by atoms with Crippen molar-refractivity contribution >= 4 is 23.6 Å². The highest BCUT2D eigenvalue weighted by Gasteiger charge is 2.31. The summed E-state index contributed by atoms with van der Waals surface area (Å²) in [6.45, 7) is 7.39. The molecule has 2 heterocycles. The van der Waals surface area contributed by atoms with Crippen molar-refractivity contribution in [3.8, 4) is 10.7 Å². The van der Waals surface area contributed by atoms with Gasteiger partial charge in [-0.15, -0.1) is 11.3 Å². The zero-order valence-corrected chi connectivity index (χ0v) is 13.4. The molecule has 5 nitrogen and oxygen atoms in total. The van der Waals surface area contributed by atoms with Crippen LogP contribution in [0.5, 0.6) is 0 Å². The first kappa shape index (κ1) is 13.9. The number of hydrogen-bond donors (Lipinski definition) is 2. The van der Waals surface area contributed by atoms with Gasteiger partial charge in [-0.3, -0.25) is 15.1 Å². The fourth-order valence-electron chi connectivity index (χ4n) is 2.26. The average Bonchev–Trinajstić information content (AvgIpc) is 3.07. The first-order chi connectivity index (χ1) is 9.71. The molecule has 3 rings (SSSR count). The molecule has 1 aliphatic carbocycles. The Kier molecular flexibility index (Phi) is 4.00. The van der Waals surface area contributed by atoms with Gasteiger partial charge in [0.25, 0.3) is 0 Å². The molecule has 0 amide bonds. The summed E-state index contributed by atoms with van der Waals surface area (Å²) in [5, 5.41) is 7.10. The van der Waals surface area contributed by atoms with E-state index in [9.17, 15) is 0 Å². The minimum Gasteiger partial charge on any atom is -0.297 e.